The predicted molar refractivity (Wildman–Crippen MR) is 120 cm³/mol. The lowest BCUT2D eigenvalue weighted by atomic mass is 9.98. The predicted octanol–water partition coefficient (Wildman–Crippen LogP) is 3.44. The molecule has 0 aliphatic heterocycles. The van der Waals surface area contributed by atoms with Gasteiger partial charge in [0.15, 0.2) is 11.8 Å². The van der Waals surface area contributed by atoms with Crippen LogP contribution in [-0.4, -0.2) is 49.0 Å². The van der Waals surface area contributed by atoms with Crippen molar-refractivity contribution in [3.8, 4) is 0 Å². The Labute approximate surface area is 185 Å². The van der Waals surface area contributed by atoms with E-state index in [1.54, 1.807) is 7.05 Å². The van der Waals surface area contributed by atoms with Gasteiger partial charge in [-0.1, -0.05) is 18.0 Å². The van der Waals surface area contributed by atoms with Crippen LogP contribution in [0.5, 0.6) is 0 Å². The molecule has 28 heavy (non-hydrogen) atoms. The van der Waals surface area contributed by atoms with E-state index in [0.717, 1.165) is 19.6 Å². The first-order valence-corrected chi connectivity index (χ1v) is 10.2. The first-order valence-electron chi connectivity index (χ1n) is 10.2. The van der Waals surface area contributed by atoms with E-state index in [-0.39, 0.29) is 30.1 Å². The number of ether oxygens (including phenoxy) is 2. The maximum absolute atomic E-state index is 5.97. The van der Waals surface area contributed by atoms with Gasteiger partial charge < -0.3 is 24.6 Å². The van der Waals surface area contributed by atoms with Crippen molar-refractivity contribution in [2.75, 3.05) is 26.8 Å². The maximum atomic E-state index is 5.97. The summed E-state index contributed by atoms with van der Waals surface area (Å²) in [6.07, 6.45) is 6.39. The summed E-state index contributed by atoms with van der Waals surface area (Å²) in [6.45, 7) is 8.54. The van der Waals surface area contributed by atoms with E-state index in [0.29, 0.717) is 42.8 Å². The highest BCUT2D eigenvalue weighted by Crippen LogP contribution is 2.30. The number of aromatic nitrogens is 2. The molecule has 9 heteroatoms. The lowest BCUT2D eigenvalue weighted by molar-refractivity contribution is 0.0169. The summed E-state index contributed by atoms with van der Waals surface area (Å²) in [7, 11) is 1.75. The van der Waals surface area contributed by atoms with E-state index in [9.17, 15) is 0 Å². The Balaban J connectivity index is 0.00000392. The van der Waals surface area contributed by atoms with Gasteiger partial charge in [0, 0.05) is 26.8 Å². The monoisotopic (exact) mass is 509 g/mol. The van der Waals surface area contributed by atoms with Crippen LogP contribution >= 0.6 is 24.0 Å². The van der Waals surface area contributed by atoms with Gasteiger partial charge in [0.05, 0.1) is 12.6 Å². The van der Waals surface area contributed by atoms with Crippen LogP contribution in [0.2, 0.25) is 0 Å². The molecule has 1 aliphatic carbocycles. The normalized spacial score (nSPS) is 17.2. The van der Waals surface area contributed by atoms with E-state index in [2.05, 4.69) is 32.7 Å². The number of guanidine groups is 1. The molecule has 0 amide bonds. The SMILES string of the molecule is CCOC(C)c1noc(CNC(=NC)NCCC(OCC)C2CCCC2)n1.I. The molecule has 0 radical (unpaired) electrons. The van der Waals surface area contributed by atoms with Crippen molar-refractivity contribution >= 4 is 29.9 Å². The molecular formula is C19H36IN5O3. The number of halogens is 1. The van der Waals surface area contributed by atoms with Crippen LogP contribution in [0.3, 0.4) is 0 Å². The van der Waals surface area contributed by atoms with Crippen molar-refractivity contribution < 1.29 is 14.0 Å². The largest absolute Gasteiger partial charge is 0.378 e. The molecule has 2 unspecified atom stereocenters. The van der Waals surface area contributed by atoms with E-state index in [1.807, 2.05) is 13.8 Å². The fourth-order valence-electron chi connectivity index (χ4n) is 3.54. The number of nitrogens with one attached hydrogen (secondary N) is 2. The standard InChI is InChI=1S/C19H35N5O3.HI/c1-5-25-14(3)18-23-17(27-24-18)13-22-19(20-4)21-12-11-16(26-6-2)15-9-7-8-10-15;/h14-16H,5-13H2,1-4H3,(H2,20,21,22);1H. The molecule has 2 atom stereocenters. The van der Waals surface area contributed by atoms with E-state index in [4.69, 9.17) is 14.0 Å². The topological polar surface area (TPSA) is 93.8 Å². The molecule has 1 saturated carbocycles. The molecule has 0 spiro atoms. The van der Waals surface area contributed by atoms with Gasteiger partial charge in [0.1, 0.15) is 6.10 Å². The van der Waals surface area contributed by atoms with E-state index >= 15 is 0 Å². The minimum atomic E-state index is -0.170. The summed E-state index contributed by atoms with van der Waals surface area (Å²) in [5.41, 5.74) is 0. The van der Waals surface area contributed by atoms with Gasteiger partial charge in [-0.3, -0.25) is 4.99 Å². The fraction of sp³-hybridized carbons (Fsp3) is 0.842. The smallest absolute Gasteiger partial charge is 0.246 e. The Morgan fingerprint density at radius 3 is 2.57 bits per heavy atom. The molecule has 1 heterocycles. The Morgan fingerprint density at radius 1 is 1.21 bits per heavy atom. The molecule has 1 fully saturated rings. The molecule has 1 aliphatic rings. The van der Waals surface area contributed by atoms with Crippen LogP contribution in [0.1, 0.15) is 70.7 Å². The van der Waals surface area contributed by atoms with Crippen molar-refractivity contribution in [1.29, 1.82) is 0 Å². The lowest BCUT2D eigenvalue weighted by Crippen LogP contribution is -2.39. The van der Waals surface area contributed by atoms with E-state index in [1.165, 1.54) is 25.7 Å². The summed E-state index contributed by atoms with van der Waals surface area (Å²) in [5, 5.41) is 10.5. The minimum Gasteiger partial charge on any atom is -0.378 e. The summed E-state index contributed by atoms with van der Waals surface area (Å²) in [4.78, 5) is 8.61. The first-order chi connectivity index (χ1) is 13.2. The highest BCUT2D eigenvalue weighted by molar-refractivity contribution is 14.0. The summed E-state index contributed by atoms with van der Waals surface area (Å²) in [5.74, 6) is 2.49. The molecule has 162 valence electrons. The van der Waals surface area contributed by atoms with Gasteiger partial charge in [-0.25, -0.2) is 0 Å². The average molecular weight is 509 g/mol. The number of hydrogen-bond acceptors (Lipinski definition) is 6. The van der Waals surface area contributed by atoms with Gasteiger partial charge in [0.2, 0.25) is 5.89 Å². The van der Waals surface area contributed by atoms with Gasteiger partial charge in [0.25, 0.3) is 0 Å². The number of aliphatic imine (C=N–C) groups is 1. The van der Waals surface area contributed by atoms with Crippen LogP contribution in [0.4, 0.5) is 0 Å². The Hall–Kier alpha value is -0.940. The summed E-state index contributed by atoms with van der Waals surface area (Å²) >= 11 is 0. The maximum Gasteiger partial charge on any atom is 0.246 e. The van der Waals surface area contributed by atoms with Crippen LogP contribution < -0.4 is 10.6 Å². The Bertz CT molecular complexity index is 564. The molecule has 8 nitrogen and oxygen atoms in total. The summed E-state index contributed by atoms with van der Waals surface area (Å²) in [6, 6.07) is 0. The second-order valence-corrected chi connectivity index (χ2v) is 6.82. The second-order valence-electron chi connectivity index (χ2n) is 6.82. The lowest BCUT2D eigenvalue weighted by Gasteiger charge is -2.23. The molecule has 0 saturated heterocycles. The van der Waals surface area contributed by atoms with Gasteiger partial charge in [-0.05, 0) is 46.0 Å². The van der Waals surface area contributed by atoms with Crippen molar-refractivity contribution in [2.24, 2.45) is 10.9 Å². The minimum absolute atomic E-state index is 0. The molecular weight excluding hydrogens is 473 g/mol. The molecule has 1 aromatic rings. The first kappa shape index (κ1) is 25.1. The Morgan fingerprint density at radius 2 is 1.93 bits per heavy atom. The quantitative estimate of drug-likeness (QED) is 0.268. The van der Waals surface area contributed by atoms with Crippen molar-refractivity contribution in [3.63, 3.8) is 0 Å². The highest BCUT2D eigenvalue weighted by atomic mass is 127. The number of nitrogens with zero attached hydrogens (tertiary/aromatic N) is 3. The van der Waals surface area contributed by atoms with Crippen molar-refractivity contribution in [3.05, 3.63) is 11.7 Å². The molecule has 0 bridgehead atoms. The van der Waals surface area contributed by atoms with Crippen LogP contribution in [-0.2, 0) is 16.0 Å². The average Bonchev–Trinajstić information content (AvgIpc) is 3.36. The van der Waals surface area contributed by atoms with Crippen LogP contribution in [0.15, 0.2) is 9.52 Å². The fourth-order valence-corrected chi connectivity index (χ4v) is 3.54. The van der Waals surface area contributed by atoms with Crippen LogP contribution in [0.25, 0.3) is 0 Å². The zero-order valence-corrected chi connectivity index (χ0v) is 19.9. The van der Waals surface area contributed by atoms with Gasteiger partial charge >= 0.3 is 0 Å². The van der Waals surface area contributed by atoms with Crippen molar-refractivity contribution in [1.82, 2.24) is 20.8 Å². The Kier molecular flexibility index (Phi) is 12.6. The molecule has 0 aromatic carbocycles. The summed E-state index contributed by atoms with van der Waals surface area (Å²) < 4.78 is 16.7. The second kappa shape index (κ2) is 14.1. The van der Waals surface area contributed by atoms with Gasteiger partial charge in [-0.15, -0.1) is 24.0 Å². The zero-order valence-electron chi connectivity index (χ0n) is 17.6. The third-order valence-corrected chi connectivity index (χ3v) is 4.92. The number of rotatable bonds is 11. The van der Waals surface area contributed by atoms with Gasteiger partial charge in [-0.2, -0.15) is 4.98 Å². The number of hydrogen-bond donors (Lipinski definition) is 2. The van der Waals surface area contributed by atoms with Crippen LogP contribution in [0, 0.1) is 5.92 Å². The van der Waals surface area contributed by atoms with E-state index < -0.39 is 0 Å². The van der Waals surface area contributed by atoms with Crippen molar-refractivity contribution in [2.45, 2.75) is 71.6 Å². The molecule has 2 rings (SSSR count). The highest BCUT2D eigenvalue weighted by Gasteiger charge is 2.25. The molecule has 1 aromatic heterocycles. The third kappa shape index (κ3) is 8.20. The third-order valence-electron chi connectivity index (χ3n) is 4.92. The molecule has 2 N–H and O–H groups in total. The zero-order chi connectivity index (χ0) is 19.5.